The van der Waals surface area contributed by atoms with Crippen molar-refractivity contribution in [3.8, 4) is 0 Å². The topological polar surface area (TPSA) is 64.0 Å². The lowest BCUT2D eigenvalue weighted by molar-refractivity contribution is -0.121. The maximum Gasteiger partial charge on any atom is 0.221 e. The van der Waals surface area contributed by atoms with E-state index >= 15 is 0 Å². The van der Waals surface area contributed by atoms with Gasteiger partial charge in [0, 0.05) is 34.0 Å². The second-order valence-electron chi connectivity index (χ2n) is 5.65. The van der Waals surface area contributed by atoms with Crippen LogP contribution in [0.25, 0.3) is 10.9 Å². The summed E-state index contributed by atoms with van der Waals surface area (Å²) in [5.41, 5.74) is 0.631. The lowest BCUT2D eigenvalue weighted by atomic mass is 10.2. The summed E-state index contributed by atoms with van der Waals surface area (Å²) < 4.78 is 1.69. The molecule has 0 fully saturated rings. The number of benzene rings is 2. The van der Waals surface area contributed by atoms with Gasteiger partial charge in [0.2, 0.25) is 11.3 Å². The van der Waals surface area contributed by atoms with Crippen LogP contribution in [-0.2, 0) is 11.3 Å². The Labute approximate surface area is 160 Å². The molecule has 0 aliphatic heterocycles. The van der Waals surface area contributed by atoms with E-state index in [-0.39, 0.29) is 11.3 Å². The lowest BCUT2D eigenvalue weighted by Gasteiger charge is -2.09. The van der Waals surface area contributed by atoms with E-state index in [4.69, 9.17) is 11.6 Å². The Kier molecular flexibility index (Phi) is 6.30. The molecule has 7 heteroatoms. The van der Waals surface area contributed by atoms with E-state index in [0.29, 0.717) is 29.9 Å². The average Bonchev–Trinajstić information content (AvgIpc) is 2.66. The lowest BCUT2D eigenvalue weighted by Crippen LogP contribution is -2.27. The number of aromatic nitrogens is 2. The van der Waals surface area contributed by atoms with E-state index in [1.54, 1.807) is 22.5 Å². The van der Waals surface area contributed by atoms with E-state index in [2.05, 4.69) is 10.4 Å². The molecule has 0 saturated carbocycles. The molecule has 0 radical (unpaired) electrons. The third-order valence-corrected chi connectivity index (χ3v) is 5.08. The van der Waals surface area contributed by atoms with Gasteiger partial charge in [-0.2, -0.15) is 5.10 Å². The number of aryl methyl sites for hydroxylation is 1. The summed E-state index contributed by atoms with van der Waals surface area (Å²) in [6.07, 6.45) is 1.61. The van der Waals surface area contributed by atoms with Gasteiger partial charge in [0.15, 0.2) is 0 Å². The number of rotatable bonds is 7. The van der Waals surface area contributed by atoms with E-state index < -0.39 is 0 Å². The van der Waals surface area contributed by atoms with Crippen LogP contribution < -0.4 is 10.7 Å². The second kappa shape index (κ2) is 8.87. The van der Waals surface area contributed by atoms with Gasteiger partial charge in [-0.25, -0.2) is 0 Å². The SMILES string of the molecule is O=C(CCn1ncc(=O)c2ccccc21)NCCSc1ccc(Cl)cc1. The molecule has 3 rings (SSSR count). The number of amides is 1. The Balaban J connectivity index is 1.46. The Bertz CT molecular complexity index is 957. The number of fused-ring (bicyclic) bond motifs is 1. The zero-order chi connectivity index (χ0) is 18.4. The largest absolute Gasteiger partial charge is 0.355 e. The van der Waals surface area contributed by atoms with Gasteiger partial charge in [-0.1, -0.05) is 23.7 Å². The van der Waals surface area contributed by atoms with Crippen LogP contribution in [0, 0.1) is 0 Å². The Morgan fingerprint density at radius 3 is 2.73 bits per heavy atom. The first kappa shape index (κ1) is 18.5. The van der Waals surface area contributed by atoms with Crippen molar-refractivity contribution in [2.45, 2.75) is 17.9 Å². The van der Waals surface area contributed by atoms with Gasteiger partial charge in [0.25, 0.3) is 0 Å². The number of nitrogens with zero attached hydrogens (tertiary/aromatic N) is 2. The molecule has 5 nitrogen and oxygen atoms in total. The average molecular weight is 388 g/mol. The van der Waals surface area contributed by atoms with E-state index in [1.165, 1.54) is 6.20 Å². The summed E-state index contributed by atoms with van der Waals surface area (Å²) in [4.78, 5) is 25.0. The highest BCUT2D eigenvalue weighted by Gasteiger charge is 2.06. The minimum Gasteiger partial charge on any atom is -0.355 e. The number of hydrogen-bond acceptors (Lipinski definition) is 4. The molecule has 0 unspecified atom stereocenters. The van der Waals surface area contributed by atoms with Crippen LogP contribution in [0.5, 0.6) is 0 Å². The standard InChI is InChI=1S/C19H18ClN3O2S/c20-14-5-7-15(8-6-14)26-12-10-21-19(25)9-11-23-17-4-2-1-3-16(17)18(24)13-22-23/h1-8,13H,9-12H2,(H,21,25). The summed E-state index contributed by atoms with van der Waals surface area (Å²) in [7, 11) is 0. The van der Waals surface area contributed by atoms with Crippen LogP contribution in [0.1, 0.15) is 6.42 Å². The van der Waals surface area contributed by atoms with E-state index in [1.807, 2.05) is 42.5 Å². The quantitative estimate of drug-likeness (QED) is 0.498. The Morgan fingerprint density at radius 1 is 1.15 bits per heavy atom. The molecule has 134 valence electrons. The first-order chi connectivity index (χ1) is 12.6. The van der Waals surface area contributed by atoms with Crippen LogP contribution in [0.3, 0.4) is 0 Å². The predicted octanol–water partition coefficient (Wildman–Crippen LogP) is 3.35. The molecule has 0 atom stereocenters. The number of halogens is 1. The number of carbonyl (C=O) groups is 1. The summed E-state index contributed by atoms with van der Waals surface area (Å²) in [6, 6.07) is 14.9. The first-order valence-corrected chi connectivity index (χ1v) is 9.60. The Morgan fingerprint density at radius 2 is 1.92 bits per heavy atom. The number of thioether (sulfide) groups is 1. The molecule has 0 spiro atoms. The van der Waals surface area contributed by atoms with Crippen LogP contribution in [-0.4, -0.2) is 28.0 Å². The van der Waals surface area contributed by atoms with Crippen molar-refractivity contribution in [3.05, 3.63) is 70.0 Å². The maximum absolute atomic E-state index is 12.0. The summed E-state index contributed by atoms with van der Waals surface area (Å²) in [5, 5.41) is 8.36. The molecule has 0 saturated heterocycles. The molecule has 2 aromatic carbocycles. The Hall–Kier alpha value is -2.31. The van der Waals surface area contributed by atoms with Crippen molar-refractivity contribution in [3.63, 3.8) is 0 Å². The molecule has 0 aliphatic carbocycles. The monoisotopic (exact) mass is 387 g/mol. The molecule has 1 N–H and O–H groups in total. The highest BCUT2D eigenvalue weighted by atomic mass is 35.5. The van der Waals surface area contributed by atoms with Crippen LogP contribution >= 0.6 is 23.4 Å². The van der Waals surface area contributed by atoms with Gasteiger partial charge in [-0.3, -0.25) is 14.3 Å². The van der Waals surface area contributed by atoms with Crippen LogP contribution in [0.4, 0.5) is 0 Å². The molecular weight excluding hydrogens is 370 g/mol. The molecule has 0 aliphatic rings. The van der Waals surface area contributed by atoms with Gasteiger partial charge in [-0.05, 0) is 36.4 Å². The van der Waals surface area contributed by atoms with Crippen molar-refractivity contribution in [1.82, 2.24) is 15.1 Å². The number of carbonyl (C=O) groups excluding carboxylic acids is 1. The van der Waals surface area contributed by atoms with Crippen molar-refractivity contribution in [2.75, 3.05) is 12.3 Å². The first-order valence-electron chi connectivity index (χ1n) is 8.23. The molecule has 0 bridgehead atoms. The summed E-state index contributed by atoms with van der Waals surface area (Å²) >= 11 is 7.52. The van der Waals surface area contributed by atoms with E-state index in [9.17, 15) is 9.59 Å². The zero-order valence-corrected chi connectivity index (χ0v) is 15.6. The molecule has 26 heavy (non-hydrogen) atoms. The minimum absolute atomic E-state index is 0.0358. The fourth-order valence-electron chi connectivity index (χ4n) is 2.53. The van der Waals surface area contributed by atoms with Crippen LogP contribution in [0.15, 0.2) is 64.4 Å². The zero-order valence-electron chi connectivity index (χ0n) is 14.0. The van der Waals surface area contributed by atoms with Gasteiger partial charge >= 0.3 is 0 Å². The van der Waals surface area contributed by atoms with Gasteiger partial charge < -0.3 is 5.32 Å². The highest BCUT2D eigenvalue weighted by Crippen LogP contribution is 2.19. The van der Waals surface area contributed by atoms with Crippen LogP contribution in [0.2, 0.25) is 5.02 Å². The molecule has 1 aromatic heterocycles. The highest BCUT2D eigenvalue weighted by molar-refractivity contribution is 7.99. The smallest absolute Gasteiger partial charge is 0.221 e. The summed E-state index contributed by atoms with van der Waals surface area (Å²) in [6.45, 7) is 1.02. The number of para-hydroxylation sites is 1. The third kappa shape index (κ3) is 4.86. The van der Waals surface area contributed by atoms with E-state index in [0.717, 1.165) is 16.2 Å². The van der Waals surface area contributed by atoms with Crippen molar-refractivity contribution < 1.29 is 4.79 Å². The molecule has 1 amide bonds. The van der Waals surface area contributed by atoms with Crippen molar-refractivity contribution in [1.29, 1.82) is 0 Å². The molecule has 3 aromatic rings. The van der Waals surface area contributed by atoms with Gasteiger partial charge in [0.05, 0.1) is 18.3 Å². The molecule has 1 heterocycles. The molecular formula is C19H18ClN3O2S. The maximum atomic E-state index is 12.0. The number of nitrogens with one attached hydrogen (secondary N) is 1. The van der Waals surface area contributed by atoms with Crippen molar-refractivity contribution >= 4 is 40.2 Å². The predicted molar refractivity (Wildman–Crippen MR) is 106 cm³/mol. The minimum atomic E-state index is -0.111. The fraction of sp³-hybridized carbons (Fsp3) is 0.211. The third-order valence-electron chi connectivity index (χ3n) is 3.82. The van der Waals surface area contributed by atoms with Crippen molar-refractivity contribution in [2.24, 2.45) is 0 Å². The second-order valence-corrected chi connectivity index (χ2v) is 7.26. The fourth-order valence-corrected chi connectivity index (χ4v) is 3.42. The number of hydrogen-bond donors (Lipinski definition) is 1. The summed E-state index contributed by atoms with van der Waals surface area (Å²) in [5.74, 6) is 0.748. The normalized spacial score (nSPS) is 10.8. The van der Waals surface area contributed by atoms with Gasteiger partial charge in [0.1, 0.15) is 0 Å². The van der Waals surface area contributed by atoms with Gasteiger partial charge in [-0.15, -0.1) is 11.8 Å².